The Kier molecular flexibility index (Phi) is 5.56. The fourth-order valence-corrected chi connectivity index (χ4v) is 5.69. The maximum absolute atomic E-state index is 13.0. The molecule has 1 aliphatic heterocycles. The standard InChI is InChI=1S/C28H23F3N6O2/c1-2-22(39)37-11-8-19-15-27(19,37)26-35-23(24-25(32)34-10-12-36(24)26)17-5-3-16(4-6-17)21(38)14-20-13-18(7-9-33-20)28(29,30)31/h2-7,9-10,12-13,19H,1,8,11,14-15H2,(H2,32,34). The van der Waals surface area contributed by atoms with Crippen LogP contribution in [-0.4, -0.2) is 42.5 Å². The summed E-state index contributed by atoms with van der Waals surface area (Å²) in [6.45, 7) is 4.27. The third-order valence-electron chi connectivity index (χ3n) is 7.63. The van der Waals surface area contributed by atoms with E-state index in [2.05, 4.69) is 16.5 Å². The molecule has 1 saturated carbocycles. The molecule has 0 bridgehead atoms. The van der Waals surface area contributed by atoms with Crippen molar-refractivity contribution in [2.75, 3.05) is 12.3 Å². The van der Waals surface area contributed by atoms with Crippen molar-refractivity contribution in [3.8, 4) is 11.3 Å². The number of amides is 1. The highest BCUT2D eigenvalue weighted by Crippen LogP contribution is 2.62. The quantitative estimate of drug-likeness (QED) is 0.291. The number of piperidine rings is 1. The number of nitrogen functional groups attached to an aromatic ring is 1. The van der Waals surface area contributed by atoms with E-state index >= 15 is 0 Å². The zero-order valence-electron chi connectivity index (χ0n) is 20.7. The Bertz CT molecular complexity index is 1650. The number of benzene rings is 1. The van der Waals surface area contributed by atoms with Gasteiger partial charge in [0.25, 0.3) is 0 Å². The number of nitrogens with two attached hydrogens (primary N) is 1. The van der Waals surface area contributed by atoms with Gasteiger partial charge in [-0.1, -0.05) is 30.8 Å². The molecule has 3 aromatic heterocycles. The summed E-state index contributed by atoms with van der Waals surface area (Å²) in [6.07, 6.45) is 2.62. The van der Waals surface area contributed by atoms with Gasteiger partial charge in [0.1, 0.15) is 28.4 Å². The first kappa shape index (κ1) is 24.8. The molecule has 4 aromatic rings. The molecular formula is C28H23F3N6O2. The molecule has 2 N–H and O–H groups in total. The van der Waals surface area contributed by atoms with E-state index in [1.54, 1.807) is 36.7 Å². The zero-order chi connectivity index (χ0) is 27.5. The fourth-order valence-electron chi connectivity index (χ4n) is 5.69. The van der Waals surface area contributed by atoms with Crippen molar-refractivity contribution < 1.29 is 22.8 Å². The van der Waals surface area contributed by atoms with E-state index < -0.39 is 17.3 Å². The fraction of sp³-hybridized carbons (Fsp3) is 0.250. The van der Waals surface area contributed by atoms with Gasteiger partial charge in [-0.05, 0) is 37.0 Å². The number of imidazole rings is 1. The summed E-state index contributed by atoms with van der Waals surface area (Å²) < 4.78 is 40.9. The number of aromatic nitrogens is 4. The molecule has 0 radical (unpaired) electrons. The van der Waals surface area contributed by atoms with E-state index in [4.69, 9.17) is 10.7 Å². The first-order valence-corrected chi connectivity index (χ1v) is 12.4. The number of anilines is 1. The first-order chi connectivity index (χ1) is 18.6. The van der Waals surface area contributed by atoms with Crippen LogP contribution in [0.25, 0.3) is 16.8 Å². The smallest absolute Gasteiger partial charge is 0.382 e. The van der Waals surface area contributed by atoms with Gasteiger partial charge < -0.3 is 10.6 Å². The number of pyridine rings is 1. The molecular weight excluding hydrogens is 509 g/mol. The van der Waals surface area contributed by atoms with Gasteiger partial charge >= 0.3 is 6.18 Å². The SMILES string of the molecule is C=CC(=O)N1CCC2CC21c1nc(-c2ccc(C(=O)Cc3cc(C(F)(F)F)ccn3)cc2)c2c(N)nccn12. The molecule has 1 saturated heterocycles. The van der Waals surface area contributed by atoms with E-state index in [1.165, 1.54) is 6.08 Å². The summed E-state index contributed by atoms with van der Waals surface area (Å²) in [7, 11) is 0. The minimum absolute atomic E-state index is 0.0379. The van der Waals surface area contributed by atoms with E-state index in [0.29, 0.717) is 40.6 Å². The van der Waals surface area contributed by atoms with E-state index in [1.807, 2.05) is 9.30 Å². The van der Waals surface area contributed by atoms with Crippen LogP contribution in [0.1, 0.15) is 40.3 Å². The number of hydrogen-bond donors (Lipinski definition) is 1. The van der Waals surface area contributed by atoms with Crippen molar-refractivity contribution >= 4 is 23.0 Å². The van der Waals surface area contributed by atoms with Crippen molar-refractivity contribution in [2.24, 2.45) is 5.92 Å². The molecule has 39 heavy (non-hydrogen) atoms. The largest absolute Gasteiger partial charge is 0.416 e. The number of rotatable bonds is 6. The number of nitrogens with zero attached hydrogens (tertiary/aromatic N) is 5. The van der Waals surface area contributed by atoms with E-state index in [9.17, 15) is 22.8 Å². The number of alkyl halides is 3. The number of carbonyl (C=O) groups is 2. The lowest BCUT2D eigenvalue weighted by Crippen LogP contribution is -2.38. The highest BCUT2D eigenvalue weighted by molar-refractivity contribution is 5.98. The lowest BCUT2D eigenvalue weighted by Gasteiger charge is -2.26. The van der Waals surface area contributed by atoms with E-state index in [-0.39, 0.29) is 29.6 Å². The zero-order valence-corrected chi connectivity index (χ0v) is 20.7. The Morgan fingerprint density at radius 2 is 1.92 bits per heavy atom. The number of fused-ring (bicyclic) bond motifs is 2. The van der Waals surface area contributed by atoms with Crippen molar-refractivity contribution in [3.05, 3.63) is 90.3 Å². The van der Waals surface area contributed by atoms with Crippen LogP contribution in [0.15, 0.2) is 67.6 Å². The van der Waals surface area contributed by atoms with Gasteiger partial charge in [0.2, 0.25) is 5.91 Å². The minimum atomic E-state index is -4.51. The predicted molar refractivity (Wildman–Crippen MR) is 136 cm³/mol. The molecule has 0 spiro atoms. The number of carbonyl (C=O) groups excluding carboxylic acids is 2. The van der Waals surface area contributed by atoms with Crippen molar-refractivity contribution in [2.45, 2.75) is 31.0 Å². The predicted octanol–water partition coefficient (Wildman–Crippen LogP) is 4.45. The highest BCUT2D eigenvalue weighted by atomic mass is 19.4. The minimum Gasteiger partial charge on any atom is -0.382 e. The van der Waals surface area contributed by atoms with Crippen molar-refractivity contribution in [3.63, 3.8) is 0 Å². The van der Waals surface area contributed by atoms with Gasteiger partial charge in [-0.2, -0.15) is 13.2 Å². The maximum Gasteiger partial charge on any atom is 0.416 e. The Morgan fingerprint density at radius 3 is 2.62 bits per heavy atom. The van der Waals surface area contributed by atoms with Crippen molar-refractivity contribution in [1.82, 2.24) is 24.3 Å². The van der Waals surface area contributed by atoms with Crippen LogP contribution >= 0.6 is 0 Å². The number of Topliss-reactive ketones (excluding diaryl/α,β-unsaturated/α-hetero) is 1. The van der Waals surface area contributed by atoms with E-state index in [0.717, 1.165) is 31.2 Å². The molecule has 198 valence electrons. The molecule has 2 fully saturated rings. The van der Waals surface area contributed by atoms with Crippen LogP contribution in [0.3, 0.4) is 0 Å². The van der Waals surface area contributed by atoms with Crippen LogP contribution in [0, 0.1) is 5.92 Å². The van der Waals surface area contributed by atoms with Gasteiger partial charge in [0.05, 0.1) is 12.0 Å². The summed E-state index contributed by atoms with van der Waals surface area (Å²) in [5, 5.41) is 0. The summed E-state index contributed by atoms with van der Waals surface area (Å²) in [5.41, 5.74) is 7.10. The van der Waals surface area contributed by atoms with Crippen molar-refractivity contribution in [1.29, 1.82) is 0 Å². The van der Waals surface area contributed by atoms with Gasteiger partial charge in [0, 0.05) is 42.0 Å². The number of hydrogen-bond acceptors (Lipinski definition) is 6. The molecule has 2 aliphatic rings. The molecule has 6 rings (SSSR count). The number of ketones is 1. The van der Waals surface area contributed by atoms with Gasteiger partial charge in [-0.3, -0.25) is 19.0 Å². The molecule has 11 heteroatoms. The molecule has 1 aromatic carbocycles. The van der Waals surface area contributed by atoms with Crippen LogP contribution < -0.4 is 5.73 Å². The molecule has 2 unspecified atom stereocenters. The van der Waals surface area contributed by atoms with Gasteiger partial charge in [0.15, 0.2) is 5.78 Å². The second-order valence-corrected chi connectivity index (χ2v) is 9.83. The Balaban J connectivity index is 1.33. The Hall–Kier alpha value is -4.54. The number of halogens is 3. The maximum atomic E-state index is 13.0. The molecule has 1 aliphatic carbocycles. The Labute approximate surface area is 221 Å². The van der Waals surface area contributed by atoms with Gasteiger partial charge in [-0.25, -0.2) is 9.97 Å². The van der Waals surface area contributed by atoms with Gasteiger partial charge in [-0.15, -0.1) is 0 Å². The third kappa shape index (κ3) is 3.96. The van der Waals surface area contributed by atoms with Crippen LogP contribution in [-0.2, 0) is 22.9 Å². The molecule has 2 atom stereocenters. The van der Waals surface area contributed by atoms with Crippen LogP contribution in [0.2, 0.25) is 0 Å². The summed E-state index contributed by atoms with van der Waals surface area (Å²) >= 11 is 0. The monoisotopic (exact) mass is 532 g/mol. The molecule has 1 amide bonds. The average Bonchev–Trinajstić information content (AvgIpc) is 3.31. The van der Waals surface area contributed by atoms with Crippen LogP contribution in [0.4, 0.5) is 19.0 Å². The summed E-state index contributed by atoms with van der Waals surface area (Å²) in [6, 6.07) is 8.39. The summed E-state index contributed by atoms with van der Waals surface area (Å²) in [4.78, 5) is 40.4. The molecule has 4 heterocycles. The van der Waals surface area contributed by atoms with Crippen LogP contribution in [0.5, 0.6) is 0 Å². The average molecular weight is 533 g/mol. The normalized spacial score (nSPS) is 20.2. The Morgan fingerprint density at radius 1 is 1.15 bits per heavy atom. The lowest BCUT2D eigenvalue weighted by molar-refractivity contribution is -0.137. The second kappa shape index (κ2) is 8.75. The number of likely N-dealkylation sites (tertiary alicyclic amines) is 1. The third-order valence-corrected chi connectivity index (χ3v) is 7.63. The summed E-state index contributed by atoms with van der Waals surface area (Å²) in [5.74, 6) is 0.756. The lowest BCUT2D eigenvalue weighted by atomic mass is 10.0. The highest BCUT2D eigenvalue weighted by Gasteiger charge is 2.66. The molecule has 8 nitrogen and oxygen atoms in total. The topological polar surface area (TPSA) is 106 Å². The first-order valence-electron chi connectivity index (χ1n) is 12.4. The second-order valence-electron chi connectivity index (χ2n) is 9.83.